The molecule has 1 aromatic heterocycles. The van der Waals surface area contributed by atoms with E-state index in [2.05, 4.69) is 4.98 Å². The van der Waals surface area contributed by atoms with E-state index in [0.29, 0.717) is 17.7 Å². The highest BCUT2D eigenvalue weighted by molar-refractivity contribution is 7.09. The number of thiazole rings is 1. The summed E-state index contributed by atoms with van der Waals surface area (Å²) >= 11 is 7.27. The quantitative estimate of drug-likeness (QED) is 0.693. The smallest absolute Gasteiger partial charge is 0.288 e. The van der Waals surface area contributed by atoms with Crippen LogP contribution in [0.1, 0.15) is 11.9 Å². The number of benzene rings is 1. The van der Waals surface area contributed by atoms with Crippen molar-refractivity contribution in [3.63, 3.8) is 0 Å². The van der Waals surface area contributed by atoms with Gasteiger partial charge in [0.25, 0.3) is 5.69 Å². The molecule has 0 aliphatic rings. The van der Waals surface area contributed by atoms with E-state index < -0.39 is 4.92 Å². The molecule has 0 aliphatic carbocycles. The summed E-state index contributed by atoms with van der Waals surface area (Å²) in [4.78, 5) is 14.8. The molecule has 1 aromatic carbocycles. The van der Waals surface area contributed by atoms with Gasteiger partial charge in [-0.25, -0.2) is 4.98 Å². The fourth-order valence-corrected chi connectivity index (χ4v) is 2.76. The summed E-state index contributed by atoms with van der Waals surface area (Å²) < 4.78 is 0. The summed E-state index contributed by atoms with van der Waals surface area (Å²) in [6, 6.07) is 4.71. The van der Waals surface area contributed by atoms with Crippen LogP contribution in [-0.4, -0.2) is 15.9 Å². The van der Waals surface area contributed by atoms with E-state index in [1.54, 1.807) is 6.07 Å². The van der Waals surface area contributed by atoms with E-state index in [1.165, 1.54) is 23.5 Å². The minimum Gasteiger partial charge on any atom is -0.328 e. The topological polar surface area (TPSA) is 82.0 Å². The Morgan fingerprint density at radius 1 is 1.58 bits per heavy atom. The van der Waals surface area contributed by atoms with Crippen LogP contribution < -0.4 is 5.73 Å². The molecule has 0 saturated carbocycles. The molecular formula is C12H12ClN3O2S. The summed E-state index contributed by atoms with van der Waals surface area (Å²) in [5.74, 6) is 0. The number of hydrogen-bond acceptors (Lipinski definition) is 5. The van der Waals surface area contributed by atoms with E-state index in [1.807, 2.05) is 12.3 Å². The van der Waals surface area contributed by atoms with Crippen LogP contribution in [0.15, 0.2) is 23.6 Å². The summed E-state index contributed by atoms with van der Waals surface area (Å²) in [6.07, 6.45) is 0.695. The van der Waals surface area contributed by atoms with Crippen molar-refractivity contribution < 1.29 is 4.92 Å². The second-order valence-corrected chi connectivity index (χ2v) is 5.58. The second-order valence-electron chi connectivity index (χ2n) is 4.23. The first kappa shape index (κ1) is 13.9. The van der Waals surface area contributed by atoms with Crippen molar-refractivity contribution in [2.24, 2.45) is 5.73 Å². The molecule has 5 nitrogen and oxygen atoms in total. The number of nitro groups is 1. The van der Waals surface area contributed by atoms with E-state index >= 15 is 0 Å². The Bertz CT molecular complexity index is 613. The number of nitrogens with two attached hydrogens (primary N) is 1. The normalized spacial score (nSPS) is 12.4. The van der Waals surface area contributed by atoms with Crippen molar-refractivity contribution in [3.05, 3.63) is 43.7 Å². The van der Waals surface area contributed by atoms with E-state index in [9.17, 15) is 10.1 Å². The Kier molecular flexibility index (Phi) is 4.14. The molecule has 1 heterocycles. The van der Waals surface area contributed by atoms with Crippen molar-refractivity contribution in [1.82, 2.24) is 4.98 Å². The highest BCUT2D eigenvalue weighted by Crippen LogP contribution is 2.30. The number of halogens is 1. The van der Waals surface area contributed by atoms with Gasteiger partial charge >= 0.3 is 0 Å². The Morgan fingerprint density at radius 3 is 2.95 bits per heavy atom. The Hall–Kier alpha value is -1.50. The number of aromatic nitrogens is 1. The number of nitro benzene ring substituents is 1. The maximum atomic E-state index is 10.8. The Morgan fingerprint density at radius 2 is 2.32 bits per heavy atom. The molecule has 2 N–H and O–H groups in total. The molecular weight excluding hydrogens is 286 g/mol. The lowest BCUT2D eigenvalue weighted by molar-refractivity contribution is -0.384. The molecule has 0 aliphatic heterocycles. The van der Waals surface area contributed by atoms with Crippen LogP contribution >= 0.6 is 22.9 Å². The maximum Gasteiger partial charge on any atom is 0.288 e. The fraction of sp³-hybridized carbons (Fsp3) is 0.250. The molecule has 0 saturated heterocycles. The van der Waals surface area contributed by atoms with E-state index in [-0.39, 0.29) is 16.8 Å². The standard InChI is InChI=1S/C12H12ClN3O2S/c1-7(14)4-12-15-10(6-19-12)8-2-3-9(13)11(5-8)16(17)18/h2-3,5-7H,4,14H2,1H3. The fourth-order valence-electron chi connectivity index (χ4n) is 1.62. The van der Waals surface area contributed by atoms with Crippen LogP contribution in [0.25, 0.3) is 11.3 Å². The maximum absolute atomic E-state index is 10.8. The third-order valence-corrected chi connectivity index (χ3v) is 3.68. The lowest BCUT2D eigenvalue weighted by Gasteiger charge is -2.00. The van der Waals surface area contributed by atoms with Crippen LogP contribution in [0.5, 0.6) is 0 Å². The van der Waals surface area contributed by atoms with Crippen molar-refractivity contribution in [2.75, 3.05) is 0 Å². The number of rotatable bonds is 4. The van der Waals surface area contributed by atoms with Gasteiger partial charge in [-0.05, 0) is 13.0 Å². The molecule has 0 spiro atoms. The van der Waals surface area contributed by atoms with Gasteiger partial charge in [0.05, 0.1) is 15.6 Å². The van der Waals surface area contributed by atoms with Crippen LogP contribution in [0.3, 0.4) is 0 Å². The van der Waals surface area contributed by atoms with Gasteiger partial charge in [-0.3, -0.25) is 10.1 Å². The first-order chi connectivity index (χ1) is 8.97. The zero-order chi connectivity index (χ0) is 14.0. The molecule has 100 valence electrons. The van der Waals surface area contributed by atoms with Crippen molar-refractivity contribution in [3.8, 4) is 11.3 Å². The largest absolute Gasteiger partial charge is 0.328 e. The predicted octanol–water partition coefficient (Wildman–Crippen LogP) is 3.26. The number of hydrogen-bond donors (Lipinski definition) is 1. The first-order valence-corrected chi connectivity index (χ1v) is 6.87. The molecule has 19 heavy (non-hydrogen) atoms. The van der Waals surface area contributed by atoms with Gasteiger partial charge in [-0.2, -0.15) is 0 Å². The van der Waals surface area contributed by atoms with Gasteiger partial charge in [-0.15, -0.1) is 11.3 Å². The van der Waals surface area contributed by atoms with Gasteiger partial charge in [0.15, 0.2) is 0 Å². The Balaban J connectivity index is 2.34. The summed E-state index contributed by atoms with van der Waals surface area (Å²) in [5.41, 5.74) is 7.00. The molecule has 0 radical (unpaired) electrons. The summed E-state index contributed by atoms with van der Waals surface area (Å²) in [5, 5.41) is 13.8. The van der Waals surface area contributed by atoms with Crippen LogP contribution in [-0.2, 0) is 6.42 Å². The summed E-state index contributed by atoms with van der Waals surface area (Å²) in [6.45, 7) is 1.91. The van der Waals surface area contributed by atoms with Gasteiger partial charge in [0.1, 0.15) is 5.02 Å². The molecule has 0 bridgehead atoms. The van der Waals surface area contributed by atoms with Crippen molar-refractivity contribution >= 4 is 28.6 Å². The van der Waals surface area contributed by atoms with Crippen LogP contribution in [0, 0.1) is 10.1 Å². The average Bonchev–Trinajstić information content (AvgIpc) is 2.76. The van der Waals surface area contributed by atoms with Gasteiger partial charge in [0, 0.05) is 29.5 Å². The second kappa shape index (κ2) is 5.64. The van der Waals surface area contributed by atoms with Crippen molar-refractivity contribution in [2.45, 2.75) is 19.4 Å². The molecule has 0 fully saturated rings. The predicted molar refractivity (Wildman–Crippen MR) is 76.6 cm³/mol. The SMILES string of the molecule is CC(N)Cc1nc(-c2ccc(Cl)c([N+](=O)[O-])c2)cs1. The zero-order valence-corrected chi connectivity index (χ0v) is 11.7. The minimum absolute atomic E-state index is 0.0403. The first-order valence-electron chi connectivity index (χ1n) is 5.61. The average molecular weight is 298 g/mol. The molecule has 2 aromatic rings. The van der Waals surface area contributed by atoms with E-state index in [0.717, 1.165) is 5.01 Å². The molecule has 7 heteroatoms. The highest BCUT2D eigenvalue weighted by Gasteiger charge is 2.15. The molecule has 1 atom stereocenters. The summed E-state index contributed by atoms with van der Waals surface area (Å²) in [7, 11) is 0. The van der Waals surface area contributed by atoms with Gasteiger partial charge < -0.3 is 5.73 Å². The van der Waals surface area contributed by atoms with Crippen LogP contribution in [0.4, 0.5) is 5.69 Å². The van der Waals surface area contributed by atoms with E-state index in [4.69, 9.17) is 17.3 Å². The Labute approximate surface area is 119 Å². The minimum atomic E-state index is -0.499. The monoisotopic (exact) mass is 297 g/mol. The van der Waals surface area contributed by atoms with Crippen LogP contribution in [0.2, 0.25) is 5.02 Å². The lowest BCUT2D eigenvalue weighted by atomic mass is 10.1. The number of nitrogens with zero attached hydrogens (tertiary/aromatic N) is 2. The molecule has 0 amide bonds. The lowest BCUT2D eigenvalue weighted by Crippen LogP contribution is -2.17. The molecule has 2 rings (SSSR count). The third kappa shape index (κ3) is 3.28. The third-order valence-electron chi connectivity index (χ3n) is 2.49. The zero-order valence-electron chi connectivity index (χ0n) is 10.2. The van der Waals surface area contributed by atoms with Gasteiger partial charge in [-0.1, -0.05) is 17.7 Å². The van der Waals surface area contributed by atoms with Crippen molar-refractivity contribution in [1.29, 1.82) is 0 Å². The molecule has 1 unspecified atom stereocenters. The van der Waals surface area contributed by atoms with Gasteiger partial charge in [0.2, 0.25) is 0 Å². The highest BCUT2D eigenvalue weighted by atomic mass is 35.5.